The highest BCUT2D eigenvalue weighted by Crippen LogP contribution is 2.22. The van der Waals surface area contributed by atoms with Crippen molar-refractivity contribution in [2.45, 2.75) is 13.0 Å². The average molecular weight is 298 g/mol. The number of nitrogens with one attached hydrogen (secondary N) is 1. The van der Waals surface area contributed by atoms with Crippen LogP contribution in [0.5, 0.6) is 0 Å². The van der Waals surface area contributed by atoms with Gasteiger partial charge in [-0.25, -0.2) is 4.39 Å². The quantitative estimate of drug-likeness (QED) is 0.890. The lowest BCUT2D eigenvalue weighted by Gasteiger charge is -2.09. The van der Waals surface area contributed by atoms with Gasteiger partial charge in [0.05, 0.1) is 17.0 Å². The second-order valence-electron chi connectivity index (χ2n) is 4.42. The van der Waals surface area contributed by atoms with Crippen molar-refractivity contribution in [3.05, 3.63) is 53.2 Å². The molecule has 0 bridgehead atoms. The molecule has 0 unspecified atom stereocenters. The van der Waals surface area contributed by atoms with E-state index >= 15 is 0 Å². The molecule has 2 rings (SSSR count). The third-order valence-electron chi connectivity index (χ3n) is 2.85. The largest absolute Gasteiger partial charge is 0.463 e. The molecule has 20 heavy (non-hydrogen) atoms. The Morgan fingerprint density at radius 3 is 2.95 bits per heavy atom. The van der Waals surface area contributed by atoms with Crippen LogP contribution in [0.2, 0.25) is 5.02 Å². The van der Waals surface area contributed by atoms with E-state index in [1.54, 1.807) is 12.3 Å². The molecule has 1 aromatic heterocycles. The van der Waals surface area contributed by atoms with E-state index in [2.05, 4.69) is 5.32 Å². The van der Waals surface area contributed by atoms with Gasteiger partial charge in [-0.05, 0) is 37.3 Å². The van der Waals surface area contributed by atoms with Crippen molar-refractivity contribution in [3.63, 3.8) is 0 Å². The minimum Gasteiger partial charge on any atom is -0.463 e. The molecule has 1 amide bonds. The Morgan fingerprint density at radius 1 is 1.50 bits per heavy atom. The predicted molar refractivity (Wildman–Crippen MR) is 74.0 cm³/mol. The van der Waals surface area contributed by atoms with E-state index in [1.165, 1.54) is 12.1 Å². The number of quaternary nitrogens is 1. The van der Waals surface area contributed by atoms with E-state index in [-0.39, 0.29) is 23.5 Å². The Morgan fingerprint density at radius 2 is 2.30 bits per heavy atom. The summed E-state index contributed by atoms with van der Waals surface area (Å²) in [6.45, 7) is 2.16. The number of anilines is 1. The van der Waals surface area contributed by atoms with Gasteiger partial charge in [0.2, 0.25) is 0 Å². The van der Waals surface area contributed by atoms with Crippen molar-refractivity contribution in [3.8, 4) is 0 Å². The molecule has 1 atom stereocenters. The van der Waals surface area contributed by atoms with Gasteiger partial charge in [0, 0.05) is 0 Å². The van der Waals surface area contributed by atoms with Crippen LogP contribution in [0.3, 0.4) is 0 Å². The summed E-state index contributed by atoms with van der Waals surface area (Å²) < 4.78 is 18.1. The van der Waals surface area contributed by atoms with Gasteiger partial charge < -0.3 is 15.1 Å². The third-order valence-corrected chi connectivity index (χ3v) is 3.17. The Hall–Kier alpha value is -1.85. The molecule has 0 fully saturated rings. The number of halogens is 2. The fraction of sp³-hybridized carbons (Fsp3) is 0.214. The monoisotopic (exact) mass is 297 g/mol. The zero-order valence-electron chi connectivity index (χ0n) is 10.9. The number of furan rings is 1. The average Bonchev–Trinajstić information content (AvgIpc) is 2.93. The molecule has 0 saturated carbocycles. The first-order valence-corrected chi connectivity index (χ1v) is 6.55. The van der Waals surface area contributed by atoms with Gasteiger partial charge in [-0.2, -0.15) is 0 Å². The molecule has 4 nitrogen and oxygen atoms in total. The Kier molecular flexibility index (Phi) is 4.76. The van der Waals surface area contributed by atoms with Gasteiger partial charge in [-0.1, -0.05) is 11.6 Å². The summed E-state index contributed by atoms with van der Waals surface area (Å²) in [7, 11) is 0. The van der Waals surface area contributed by atoms with Crippen LogP contribution in [0.15, 0.2) is 41.0 Å². The summed E-state index contributed by atoms with van der Waals surface area (Å²) in [4.78, 5) is 11.8. The number of nitrogens with two attached hydrogens (primary N) is 1. The van der Waals surface area contributed by atoms with Crippen molar-refractivity contribution in [1.82, 2.24) is 0 Å². The minimum absolute atomic E-state index is 0.0411. The SMILES string of the molecule is C[C@@H]([NH2+]CC(=O)Nc1ccc(F)cc1Cl)c1ccco1. The molecule has 2 aromatic rings. The van der Waals surface area contributed by atoms with Crippen LogP contribution in [0.25, 0.3) is 0 Å². The molecular formula is C14H15ClFN2O2+. The number of hydrogen-bond acceptors (Lipinski definition) is 2. The number of hydrogen-bond donors (Lipinski definition) is 2. The first-order valence-electron chi connectivity index (χ1n) is 6.18. The highest BCUT2D eigenvalue weighted by atomic mass is 35.5. The molecular weight excluding hydrogens is 283 g/mol. The van der Waals surface area contributed by atoms with Gasteiger partial charge in [-0.3, -0.25) is 4.79 Å². The molecule has 0 saturated heterocycles. The topological polar surface area (TPSA) is 58.9 Å². The fourth-order valence-corrected chi connectivity index (χ4v) is 1.96. The first kappa shape index (κ1) is 14.6. The van der Waals surface area contributed by atoms with Gasteiger partial charge in [0.15, 0.2) is 12.3 Å². The van der Waals surface area contributed by atoms with Crippen LogP contribution in [0.4, 0.5) is 10.1 Å². The maximum Gasteiger partial charge on any atom is 0.279 e. The minimum atomic E-state index is -0.439. The van der Waals surface area contributed by atoms with Crippen LogP contribution < -0.4 is 10.6 Å². The normalized spacial score (nSPS) is 12.2. The Labute approximate surface area is 120 Å². The first-order chi connectivity index (χ1) is 9.56. The van der Waals surface area contributed by atoms with E-state index in [0.717, 1.165) is 11.8 Å². The number of rotatable bonds is 5. The maximum atomic E-state index is 12.9. The van der Waals surface area contributed by atoms with Crippen molar-refractivity contribution in [1.29, 1.82) is 0 Å². The van der Waals surface area contributed by atoms with Crippen molar-refractivity contribution in [2.75, 3.05) is 11.9 Å². The Balaban J connectivity index is 1.86. The van der Waals surface area contributed by atoms with Crippen LogP contribution >= 0.6 is 11.6 Å². The molecule has 6 heteroatoms. The number of benzene rings is 1. The molecule has 0 aliphatic heterocycles. The second-order valence-corrected chi connectivity index (χ2v) is 4.82. The van der Waals surface area contributed by atoms with E-state index in [0.29, 0.717) is 5.69 Å². The predicted octanol–water partition coefficient (Wildman–Crippen LogP) is 2.34. The van der Waals surface area contributed by atoms with Crippen LogP contribution in [0, 0.1) is 5.82 Å². The van der Waals surface area contributed by atoms with Gasteiger partial charge in [-0.15, -0.1) is 0 Å². The van der Waals surface area contributed by atoms with Crippen molar-refractivity contribution in [2.24, 2.45) is 0 Å². The number of carbonyl (C=O) groups excluding carboxylic acids is 1. The van der Waals surface area contributed by atoms with E-state index in [4.69, 9.17) is 16.0 Å². The fourth-order valence-electron chi connectivity index (χ4n) is 1.74. The zero-order valence-corrected chi connectivity index (χ0v) is 11.7. The molecule has 106 valence electrons. The third kappa shape index (κ3) is 3.82. The zero-order chi connectivity index (χ0) is 14.5. The lowest BCUT2D eigenvalue weighted by atomic mass is 10.2. The van der Waals surface area contributed by atoms with Crippen LogP contribution in [-0.4, -0.2) is 12.5 Å². The molecule has 1 aromatic carbocycles. The molecule has 0 aliphatic rings. The molecule has 1 heterocycles. The maximum absolute atomic E-state index is 12.9. The molecule has 0 radical (unpaired) electrons. The van der Waals surface area contributed by atoms with Crippen LogP contribution in [0.1, 0.15) is 18.7 Å². The summed E-state index contributed by atoms with van der Waals surface area (Å²) in [5, 5.41) is 4.66. The summed E-state index contributed by atoms with van der Waals surface area (Å²) >= 11 is 5.84. The summed E-state index contributed by atoms with van der Waals surface area (Å²) in [6.07, 6.45) is 1.60. The molecule has 0 aliphatic carbocycles. The highest BCUT2D eigenvalue weighted by molar-refractivity contribution is 6.33. The lowest BCUT2D eigenvalue weighted by Crippen LogP contribution is -2.86. The Bertz CT molecular complexity index is 587. The van der Waals surface area contributed by atoms with E-state index in [1.807, 2.05) is 18.3 Å². The van der Waals surface area contributed by atoms with Gasteiger partial charge in [0.1, 0.15) is 11.9 Å². The highest BCUT2D eigenvalue weighted by Gasteiger charge is 2.14. The summed E-state index contributed by atoms with van der Waals surface area (Å²) in [6, 6.07) is 7.54. The van der Waals surface area contributed by atoms with Crippen LogP contribution in [-0.2, 0) is 4.79 Å². The summed E-state index contributed by atoms with van der Waals surface area (Å²) in [5.41, 5.74) is 0.400. The molecule has 0 spiro atoms. The van der Waals surface area contributed by atoms with Crippen molar-refractivity contribution < 1.29 is 18.9 Å². The number of carbonyl (C=O) groups is 1. The summed E-state index contributed by atoms with van der Waals surface area (Å²) in [5.74, 6) is 0.153. The standard InChI is InChI=1S/C14H14ClFN2O2/c1-9(13-3-2-6-20-13)17-8-14(19)18-12-5-4-10(16)7-11(12)15/h2-7,9,17H,8H2,1H3,(H,18,19)/p+1/t9-/m1/s1. The molecule has 3 N–H and O–H groups in total. The van der Waals surface area contributed by atoms with E-state index in [9.17, 15) is 9.18 Å². The smallest absolute Gasteiger partial charge is 0.279 e. The van der Waals surface area contributed by atoms with Gasteiger partial charge >= 0.3 is 0 Å². The number of amides is 1. The lowest BCUT2D eigenvalue weighted by molar-refractivity contribution is -0.684. The second kappa shape index (κ2) is 6.54. The van der Waals surface area contributed by atoms with Crippen molar-refractivity contribution >= 4 is 23.2 Å². The van der Waals surface area contributed by atoms with Gasteiger partial charge in [0.25, 0.3) is 5.91 Å². The van der Waals surface area contributed by atoms with E-state index < -0.39 is 5.82 Å².